The van der Waals surface area contributed by atoms with Crippen LogP contribution < -0.4 is 5.32 Å². The van der Waals surface area contributed by atoms with Gasteiger partial charge < -0.3 is 5.32 Å². The fourth-order valence-corrected chi connectivity index (χ4v) is 2.37. The lowest BCUT2D eigenvalue weighted by atomic mass is 9.99. The second kappa shape index (κ2) is 7.27. The summed E-state index contributed by atoms with van der Waals surface area (Å²) in [5.74, 6) is -1.58. The van der Waals surface area contributed by atoms with Crippen molar-refractivity contribution in [1.29, 1.82) is 0 Å². The van der Waals surface area contributed by atoms with Gasteiger partial charge in [-0.15, -0.1) is 0 Å². The summed E-state index contributed by atoms with van der Waals surface area (Å²) in [6, 6.07) is 8.03. The lowest BCUT2D eigenvalue weighted by Gasteiger charge is -2.20. The van der Waals surface area contributed by atoms with Gasteiger partial charge in [0.1, 0.15) is 0 Å². The van der Waals surface area contributed by atoms with Crippen LogP contribution in [0.25, 0.3) is 0 Å². The minimum absolute atomic E-state index is 0.123. The van der Waals surface area contributed by atoms with Crippen molar-refractivity contribution in [1.82, 2.24) is 10.3 Å². The molecule has 0 amide bonds. The van der Waals surface area contributed by atoms with E-state index >= 15 is 0 Å². The highest BCUT2D eigenvalue weighted by molar-refractivity contribution is 5.26. The van der Waals surface area contributed by atoms with Crippen molar-refractivity contribution < 1.29 is 8.78 Å². The number of hydrogen-bond donors (Lipinski definition) is 1. The quantitative estimate of drug-likeness (QED) is 0.871. The van der Waals surface area contributed by atoms with Gasteiger partial charge in [0.25, 0.3) is 0 Å². The first kappa shape index (κ1) is 15.6. The third-order valence-corrected chi connectivity index (χ3v) is 3.48. The van der Waals surface area contributed by atoms with Crippen molar-refractivity contribution in [2.24, 2.45) is 0 Å². The van der Waals surface area contributed by atoms with Gasteiger partial charge in [0.2, 0.25) is 0 Å². The lowest BCUT2D eigenvalue weighted by molar-refractivity contribution is 0.472. The Labute approximate surface area is 124 Å². The van der Waals surface area contributed by atoms with Gasteiger partial charge in [-0.3, -0.25) is 4.98 Å². The van der Waals surface area contributed by atoms with E-state index in [1.165, 1.54) is 6.07 Å². The van der Waals surface area contributed by atoms with Crippen LogP contribution in [-0.4, -0.2) is 11.5 Å². The van der Waals surface area contributed by atoms with E-state index in [2.05, 4.69) is 17.2 Å². The summed E-state index contributed by atoms with van der Waals surface area (Å²) < 4.78 is 27.2. The predicted molar refractivity (Wildman–Crippen MR) is 80.1 cm³/mol. The average Bonchev–Trinajstić information content (AvgIpc) is 2.48. The molecule has 21 heavy (non-hydrogen) atoms. The lowest BCUT2D eigenvalue weighted by Crippen LogP contribution is -2.26. The first-order valence-corrected chi connectivity index (χ1v) is 7.21. The van der Waals surface area contributed by atoms with Gasteiger partial charge in [-0.25, -0.2) is 8.78 Å². The van der Waals surface area contributed by atoms with E-state index in [0.29, 0.717) is 12.0 Å². The van der Waals surface area contributed by atoms with Crippen molar-refractivity contribution in [3.63, 3.8) is 0 Å². The monoisotopic (exact) mass is 290 g/mol. The zero-order valence-electron chi connectivity index (χ0n) is 12.4. The molecule has 2 rings (SSSR count). The van der Waals surface area contributed by atoms with Crippen LogP contribution >= 0.6 is 0 Å². The normalized spacial score (nSPS) is 12.4. The summed E-state index contributed by atoms with van der Waals surface area (Å²) in [5.41, 5.74) is 2.30. The molecule has 0 bridgehead atoms. The zero-order valence-corrected chi connectivity index (χ0v) is 12.4. The maximum Gasteiger partial charge on any atom is 0.162 e. The number of aryl methyl sites for hydroxylation is 1. The maximum atomic E-state index is 13.9. The van der Waals surface area contributed by atoms with E-state index in [0.717, 1.165) is 30.3 Å². The first-order chi connectivity index (χ1) is 10.1. The van der Waals surface area contributed by atoms with Crippen LogP contribution in [0.4, 0.5) is 8.78 Å². The third kappa shape index (κ3) is 3.85. The number of halogens is 2. The molecule has 1 aromatic carbocycles. The summed E-state index contributed by atoms with van der Waals surface area (Å²) in [6.07, 6.45) is 3.07. The standard InChI is InChI=1S/C17H20F2N2/c1-3-9-20-15(17-12(2)6-5-10-21-17)11-13-7-4-8-14(18)16(13)19/h4-8,10,15,20H,3,9,11H2,1-2H3. The van der Waals surface area contributed by atoms with E-state index in [-0.39, 0.29) is 6.04 Å². The number of aromatic nitrogens is 1. The molecule has 1 heterocycles. The second-order valence-electron chi connectivity index (χ2n) is 5.13. The predicted octanol–water partition coefficient (Wildman–Crippen LogP) is 3.95. The molecular formula is C17H20F2N2. The topological polar surface area (TPSA) is 24.9 Å². The number of nitrogens with zero attached hydrogens (tertiary/aromatic N) is 1. The number of pyridine rings is 1. The Bertz CT molecular complexity index is 599. The highest BCUT2D eigenvalue weighted by atomic mass is 19.2. The minimum atomic E-state index is -0.806. The molecule has 0 aliphatic carbocycles. The first-order valence-electron chi connectivity index (χ1n) is 7.21. The second-order valence-corrected chi connectivity index (χ2v) is 5.13. The van der Waals surface area contributed by atoms with Gasteiger partial charge in [0.05, 0.1) is 11.7 Å². The molecule has 0 radical (unpaired) electrons. The van der Waals surface area contributed by atoms with Gasteiger partial charge in [-0.05, 0) is 49.6 Å². The summed E-state index contributed by atoms with van der Waals surface area (Å²) in [4.78, 5) is 4.40. The molecule has 2 aromatic rings. The Morgan fingerprint density at radius 2 is 2.00 bits per heavy atom. The Balaban J connectivity index is 2.28. The molecule has 1 N–H and O–H groups in total. The SMILES string of the molecule is CCCNC(Cc1cccc(F)c1F)c1ncccc1C. The molecule has 0 aliphatic rings. The highest BCUT2D eigenvalue weighted by Gasteiger charge is 2.18. The highest BCUT2D eigenvalue weighted by Crippen LogP contribution is 2.22. The smallest absolute Gasteiger partial charge is 0.162 e. The van der Waals surface area contributed by atoms with Crippen molar-refractivity contribution in [3.05, 3.63) is 65.0 Å². The molecule has 0 aliphatic heterocycles. The van der Waals surface area contributed by atoms with Gasteiger partial charge in [-0.1, -0.05) is 25.1 Å². The molecule has 1 atom stereocenters. The van der Waals surface area contributed by atoms with Gasteiger partial charge in [-0.2, -0.15) is 0 Å². The summed E-state index contributed by atoms with van der Waals surface area (Å²) in [6.45, 7) is 4.85. The minimum Gasteiger partial charge on any atom is -0.308 e. The summed E-state index contributed by atoms with van der Waals surface area (Å²) in [7, 11) is 0. The molecule has 2 nitrogen and oxygen atoms in total. The summed E-state index contributed by atoms with van der Waals surface area (Å²) in [5, 5.41) is 3.37. The van der Waals surface area contributed by atoms with Gasteiger partial charge in [0.15, 0.2) is 11.6 Å². The molecule has 1 aromatic heterocycles. The van der Waals surface area contributed by atoms with Crippen molar-refractivity contribution in [2.45, 2.75) is 32.7 Å². The third-order valence-electron chi connectivity index (χ3n) is 3.48. The number of benzene rings is 1. The van der Waals surface area contributed by atoms with Crippen LogP contribution in [0.3, 0.4) is 0 Å². The molecule has 0 fully saturated rings. The molecule has 0 spiro atoms. The van der Waals surface area contributed by atoms with E-state index in [4.69, 9.17) is 0 Å². The molecule has 112 valence electrons. The molecule has 0 saturated heterocycles. The Morgan fingerprint density at radius 3 is 2.71 bits per heavy atom. The largest absolute Gasteiger partial charge is 0.308 e. The molecule has 0 saturated carbocycles. The van der Waals surface area contributed by atoms with E-state index < -0.39 is 11.6 Å². The van der Waals surface area contributed by atoms with Crippen LogP contribution in [0.5, 0.6) is 0 Å². The van der Waals surface area contributed by atoms with Crippen LogP contribution in [-0.2, 0) is 6.42 Å². The van der Waals surface area contributed by atoms with E-state index in [1.54, 1.807) is 12.3 Å². The number of hydrogen-bond acceptors (Lipinski definition) is 2. The maximum absolute atomic E-state index is 13.9. The fraction of sp³-hybridized carbons (Fsp3) is 0.353. The van der Waals surface area contributed by atoms with Gasteiger partial charge >= 0.3 is 0 Å². The zero-order chi connectivity index (χ0) is 15.2. The Morgan fingerprint density at radius 1 is 1.19 bits per heavy atom. The molecule has 4 heteroatoms. The Kier molecular flexibility index (Phi) is 5.39. The van der Waals surface area contributed by atoms with Crippen molar-refractivity contribution in [2.75, 3.05) is 6.54 Å². The van der Waals surface area contributed by atoms with Crippen LogP contribution in [0.2, 0.25) is 0 Å². The van der Waals surface area contributed by atoms with E-state index in [9.17, 15) is 8.78 Å². The number of rotatable bonds is 6. The fourth-order valence-electron chi connectivity index (χ4n) is 2.37. The molecule has 1 unspecified atom stereocenters. The Hall–Kier alpha value is -1.81. The van der Waals surface area contributed by atoms with Crippen molar-refractivity contribution in [3.8, 4) is 0 Å². The van der Waals surface area contributed by atoms with Crippen LogP contribution in [0.15, 0.2) is 36.5 Å². The summed E-state index contributed by atoms with van der Waals surface area (Å²) >= 11 is 0. The van der Waals surface area contributed by atoms with Crippen LogP contribution in [0.1, 0.15) is 36.2 Å². The molecular weight excluding hydrogens is 270 g/mol. The number of nitrogens with one attached hydrogen (secondary N) is 1. The average molecular weight is 290 g/mol. The van der Waals surface area contributed by atoms with Gasteiger partial charge in [0, 0.05) is 6.20 Å². The van der Waals surface area contributed by atoms with Crippen LogP contribution in [0, 0.1) is 18.6 Å². The van der Waals surface area contributed by atoms with E-state index in [1.807, 2.05) is 19.1 Å². The van der Waals surface area contributed by atoms with Crippen molar-refractivity contribution >= 4 is 0 Å².